The van der Waals surface area contributed by atoms with Gasteiger partial charge in [0.15, 0.2) is 0 Å². The number of nitrogens with two attached hydrogens (primary N) is 1. The van der Waals surface area contributed by atoms with E-state index in [1.54, 1.807) is 7.11 Å². The maximum atomic E-state index is 12.3. The van der Waals surface area contributed by atoms with Crippen LogP contribution in [0.3, 0.4) is 0 Å². The van der Waals surface area contributed by atoms with Crippen molar-refractivity contribution in [3.05, 3.63) is 30.5 Å². The zero-order chi connectivity index (χ0) is 16.9. The maximum absolute atomic E-state index is 12.3. The first-order chi connectivity index (χ1) is 11.7. The summed E-state index contributed by atoms with van der Waals surface area (Å²) >= 11 is 0. The number of fused-ring (bicyclic) bond motifs is 1. The molecule has 1 saturated carbocycles. The monoisotopic (exact) mass is 366 g/mol. The molecule has 6 nitrogen and oxygen atoms in total. The highest BCUT2D eigenvalue weighted by Crippen LogP contribution is 2.25. The van der Waals surface area contributed by atoms with Crippen molar-refractivity contribution in [2.45, 2.75) is 44.4 Å². The Labute approximate surface area is 154 Å². The number of carbonyl (C=O) groups excluding carboxylic acids is 1. The lowest BCUT2D eigenvalue weighted by molar-refractivity contribution is -0.127. The second-order valence-corrected chi connectivity index (χ2v) is 6.52. The fraction of sp³-hybridized carbons (Fsp3) is 0.556. The summed E-state index contributed by atoms with van der Waals surface area (Å²) in [4.78, 5) is 12.3. The molecule has 1 aromatic carbocycles. The van der Waals surface area contributed by atoms with E-state index >= 15 is 0 Å². The topological polar surface area (TPSA) is 82.2 Å². The third-order valence-corrected chi connectivity index (χ3v) is 4.91. The van der Waals surface area contributed by atoms with Gasteiger partial charge in [0, 0.05) is 37.5 Å². The number of hydrogen-bond acceptors (Lipinski definition) is 4. The van der Waals surface area contributed by atoms with Crippen LogP contribution in [-0.2, 0) is 16.1 Å². The molecule has 1 aromatic heterocycles. The quantitative estimate of drug-likeness (QED) is 0.767. The van der Waals surface area contributed by atoms with Crippen molar-refractivity contribution in [1.29, 1.82) is 0 Å². The largest absolute Gasteiger partial charge is 0.380 e. The molecule has 25 heavy (non-hydrogen) atoms. The smallest absolute Gasteiger partial charge is 0.223 e. The third kappa shape index (κ3) is 4.71. The van der Waals surface area contributed by atoms with E-state index in [1.165, 1.54) is 0 Å². The van der Waals surface area contributed by atoms with Gasteiger partial charge in [0.25, 0.3) is 0 Å². The van der Waals surface area contributed by atoms with Gasteiger partial charge >= 0.3 is 0 Å². The minimum Gasteiger partial charge on any atom is -0.380 e. The van der Waals surface area contributed by atoms with Crippen LogP contribution in [0.2, 0.25) is 0 Å². The van der Waals surface area contributed by atoms with Crippen molar-refractivity contribution in [3.63, 3.8) is 0 Å². The molecule has 0 radical (unpaired) electrons. The van der Waals surface area contributed by atoms with Gasteiger partial charge in [-0.1, -0.05) is 18.2 Å². The summed E-state index contributed by atoms with van der Waals surface area (Å²) in [5, 5.41) is 8.59. The number of rotatable bonds is 6. The highest BCUT2D eigenvalue weighted by molar-refractivity contribution is 5.85. The standard InChI is InChI=1S/C18H26N4O2.ClH/c1-24-17-11-13(7-8-15(17)19)18(23)20-9-4-10-22-16-6-3-2-5-14(16)12-21-22;/h2-3,5-6,12-13,15,17H,4,7-11,19H2,1H3,(H,20,23);1H/t13-,15+,17+;/m0./s1. The number of amides is 1. The van der Waals surface area contributed by atoms with Crippen molar-refractivity contribution >= 4 is 29.2 Å². The zero-order valence-electron chi connectivity index (χ0n) is 14.6. The molecule has 0 aliphatic heterocycles. The summed E-state index contributed by atoms with van der Waals surface area (Å²) in [6, 6.07) is 8.20. The number of methoxy groups -OCH3 is 1. The first-order valence-electron chi connectivity index (χ1n) is 8.65. The molecule has 0 saturated heterocycles. The molecule has 3 N–H and O–H groups in total. The molecular formula is C18H27ClN4O2. The third-order valence-electron chi connectivity index (χ3n) is 4.91. The van der Waals surface area contributed by atoms with Gasteiger partial charge in [-0.25, -0.2) is 0 Å². The van der Waals surface area contributed by atoms with Gasteiger partial charge in [0.1, 0.15) is 0 Å². The molecule has 2 aromatic rings. The predicted molar refractivity (Wildman–Crippen MR) is 101 cm³/mol. The van der Waals surface area contributed by atoms with Crippen LogP contribution in [0.4, 0.5) is 0 Å². The normalized spacial score (nSPS) is 23.2. The molecule has 1 heterocycles. The molecule has 3 rings (SSSR count). The highest BCUT2D eigenvalue weighted by Gasteiger charge is 2.31. The number of benzene rings is 1. The van der Waals surface area contributed by atoms with Crippen molar-refractivity contribution in [3.8, 4) is 0 Å². The summed E-state index contributed by atoms with van der Waals surface area (Å²) in [5.74, 6) is 0.134. The van der Waals surface area contributed by atoms with Gasteiger partial charge in [0.05, 0.1) is 17.8 Å². The van der Waals surface area contributed by atoms with Crippen LogP contribution in [0, 0.1) is 5.92 Å². The second-order valence-electron chi connectivity index (χ2n) is 6.52. The molecule has 0 bridgehead atoms. The Bertz CT molecular complexity index is 691. The SMILES string of the molecule is CO[C@@H]1C[C@@H](C(=O)NCCCn2ncc3ccccc32)CC[C@H]1N.Cl. The molecule has 1 aliphatic rings. The molecule has 138 valence electrons. The fourth-order valence-electron chi connectivity index (χ4n) is 3.45. The lowest BCUT2D eigenvalue weighted by Crippen LogP contribution is -2.45. The maximum Gasteiger partial charge on any atom is 0.223 e. The molecule has 1 amide bonds. The average molecular weight is 367 g/mol. The lowest BCUT2D eigenvalue weighted by Gasteiger charge is -2.32. The van der Waals surface area contributed by atoms with Crippen molar-refractivity contribution < 1.29 is 9.53 Å². The van der Waals surface area contributed by atoms with Crippen LogP contribution in [0.5, 0.6) is 0 Å². The number of para-hydroxylation sites is 1. The van der Waals surface area contributed by atoms with E-state index in [-0.39, 0.29) is 36.4 Å². The second kappa shape index (κ2) is 9.17. The number of hydrogen-bond donors (Lipinski definition) is 2. The van der Waals surface area contributed by atoms with Crippen LogP contribution in [-0.4, -0.2) is 41.5 Å². The zero-order valence-corrected chi connectivity index (χ0v) is 15.4. The molecule has 0 unspecified atom stereocenters. The first-order valence-corrected chi connectivity index (χ1v) is 8.65. The number of ether oxygens (including phenoxy) is 1. The number of aryl methyl sites for hydroxylation is 1. The van der Waals surface area contributed by atoms with Crippen LogP contribution in [0.1, 0.15) is 25.7 Å². The summed E-state index contributed by atoms with van der Waals surface area (Å²) in [5.41, 5.74) is 7.14. The summed E-state index contributed by atoms with van der Waals surface area (Å²) in [7, 11) is 1.67. The molecule has 1 fully saturated rings. The summed E-state index contributed by atoms with van der Waals surface area (Å²) in [6.07, 6.45) is 5.13. The van der Waals surface area contributed by atoms with Crippen LogP contribution < -0.4 is 11.1 Å². The Morgan fingerprint density at radius 1 is 1.40 bits per heavy atom. The van der Waals surface area contributed by atoms with E-state index in [1.807, 2.05) is 23.0 Å². The van der Waals surface area contributed by atoms with E-state index in [4.69, 9.17) is 10.5 Å². The molecule has 3 atom stereocenters. The average Bonchev–Trinajstić information content (AvgIpc) is 3.02. The Kier molecular flexibility index (Phi) is 7.23. The molecule has 1 aliphatic carbocycles. The van der Waals surface area contributed by atoms with Gasteiger partial charge in [-0.3, -0.25) is 9.48 Å². The fourth-order valence-corrected chi connectivity index (χ4v) is 3.45. The van der Waals surface area contributed by atoms with E-state index in [0.29, 0.717) is 13.0 Å². The number of nitrogens with zero attached hydrogens (tertiary/aromatic N) is 2. The van der Waals surface area contributed by atoms with Gasteiger partial charge in [-0.2, -0.15) is 5.10 Å². The minimum absolute atomic E-state index is 0. The Morgan fingerprint density at radius 2 is 2.20 bits per heavy atom. The lowest BCUT2D eigenvalue weighted by atomic mass is 9.83. The van der Waals surface area contributed by atoms with Gasteiger partial charge in [0.2, 0.25) is 5.91 Å². The van der Waals surface area contributed by atoms with E-state index in [9.17, 15) is 4.79 Å². The van der Waals surface area contributed by atoms with Gasteiger partial charge < -0.3 is 15.8 Å². The van der Waals surface area contributed by atoms with Crippen molar-refractivity contribution in [2.75, 3.05) is 13.7 Å². The Balaban J connectivity index is 0.00000225. The van der Waals surface area contributed by atoms with Crippen molar-refractivity contribution in [1.82, 2.24) is 15.1 Å². The predicted octanol–water partition coefficient (Wildman–Crippen LogP) is 2.11. The van der Waals surface area contributed by atoms with Crippen molar-refractivity contribution in [2.24, 2.45) is 11.7 Å². The van der Waals surface area contributed by atoms with E-state index in [0.717, 1.165) is 36.7 Å². The van der Waals surface area contributed by atoms with Crippen LogP contribution >= 0.6 is 12.4 Å². The minimum atomic E-state index is -0.00932. The van der Waals surface area contributed by atoms with Crippen LogP contribution in [0.15, 0.2) is 30.5 Å². The van der Waals surface area contributed by atoms with Crippen LogP contribution in [0.25, 0.3) is 10.9 Å². The van der Waals surface area contributed by atoms with Gasteiger partial charge in [-0.15, -0.1) is 12.4 Å². The van der Waals surface area contributed by atoms with E-state index < -0.39 is 0 Å². The Hall–Kier alpha value is -1.63. The molecular weight excluding hydrogens is 340 g/mol. The summed E-state index contributed by atoms with van der Waals surface area (Å²) < 4.78 is 7.37. The number of nitrogens with one attached hydrogen (secondary N) is 1. The molecule has 7 heteroatoms. The first kappa shape index (κ1) is 19.7. The number of carbonyl (C=O) groups is 1. The molecule has 0 spiro atoms. The number of aromatic nitrogens is 2. The number of halogens is 1. The highest BCUT2D eigenvalue weighted by atomic mass is 35.5. The van der Waals surface area contributed by atoms with Gasteiger partial charge in [-0.05, 0) is 31.7 Å². The summed E-state index contributed by atoms with van der Waals surface area (Å²) in [6.45, 7) is 1.46. The van der Waals surface area contributed by atoms with E-state index in [2.05, 4.69) is 22.5 Å². The Morgan fingerprint density at radius 3 is 3.00 bits per heavy atom.